The first-order valence-corrected chi connectivity index (χ1v) is 13.0. The van der Waals surface area contributed by atoms with E-state index in [1.807, 2.05) is 24.3 Å². The van der Waals surface area contributed by atoms with Crippen molar-refractivity contribution in [3.63, 3.8) is 0 Å². The van der Waals surface area contributed by atoms with Gasteiger partial charge in [-0.3, -0.25) is 9.59 Å². The highest BCUT2D eigenvalue weighted by molar-refractivity contribution is 9.10. The summed E-state index contributed by atoms with van der Waals surface area (Å²) >= 11 is 4.74. The van der Waals surface area contributed by atoms with E-state index in [1.165, 1.54) is 11.3 Å². The van der Waals surface area contributed by atoms with Crippen molar-refractivity contribution in [3.8, 4) is 16.3 Å². The number of anilines is 1. The van der Waals surface area contributed by atoms with Crippen LogP contribution in [0, 0.1) is 0 Å². The summed E-state index contributed by atoms with van der Waals surface area (Å²) in [7, 11) is 1.58. The Kier molecular flexibility index (Phi) is 10.6. The van der Waals surface area contributed by atoms with Crippen molar-refractivity contribution >= 4 is 44.2 Å². The van der Waals surface area contributed by atoms with Crippen molar-refractivity contribution in [2.75, 3.05) is 38.7 Å². The lowest BCUT2D eigenvalue weighted by atomic mass is 10.2. The summed E-state index contributed by atoms with van der Waals surface area (Å²) in [5.74, 6) is 0.330. The van der Waals surface area contributed by atoms with Crippen LogP contribution in [0.4, 0.5) is 5.13 Å². The molecule has 2 aromatic carbocycles. The summed E-state index contributed by atoms with van der Waals surface area (Å²) in [5.41, 5.74) is 1.45. The Morgan fingerprint density at radius 1 is 1.09 bits per heavy atom. The van der Waals surface area contributed by atoms with E-state index in [9.17, 15) is 9.59 Å². The minimum Gasteiger partial charge on any atom is -0.494 e. The largest absolute Gasteiger partial charge is 0.494 e. The highest BCUT2D eigenvalue weighted by atomic mass is 79.9. The fourth-order valence-corrected chi connectivity index (χ4v) is 4.31. The van der Waals surface area contributed by atoms with Crippen LogP contribution in [0.2, 0.25) is 0 Å². The predicted octanol–water partition coefficient (Wildman–Crippen LogP) is 5.26. The molecule has 2 amide bonds. The number of unbranched alkanes of at least 4 members (excludes halogenated alkanes) is 1. The highest BCUT2D eigenvalue weighted by Gasteiger charge is 2.18. The van der Waals surface area contributed by atoms with Gasteiger partial charge in [0, 0.05) is 42.2 Å². The van der Waals surface area contributed by atoms with Gasteiger partial charge in [0.1, 0.15) is 10.8 Å². The number of ether oxygens (including phenoxy) is 2. The van der Waals surface area contributed by atoms with Crippen LogP contribution in [-0.4, -0.2) is 60.3 Å². The molecule has 0 bridgehead atoms. The monoisotopic (exact) mass is 560 g/mol. The molecular weight excluding hydrogens is 532 g/mol. The lowest BCUT2D eigenvalue weighted by molar-refractivity contribution is -0.116. The maximum Gasteiger partial charge on any atom is 0.253 e. The smallest absolute Gasteiger partial charge is 0.253 e. The summed E-state index contributed by atoms with van der Waals surface area (Å²) in [6.45, 7) is 3.76. The van der Waals surface area contributed by atoms with E-state index in [0.29, 0.717) is 35.5 Å². The number of methoxy groups -OCH3 is 1. The minimum atomic E-state index is -0.239. The van der Waals surface area contributed by atoms with Crippen molar-refractivity contribution < 1.29 is 19.1 Å². The van der Waals surface area contributed by atoms with Crippen molar-refractivity contribution in [1.29, 1.82) is 0 Å². The van der Waals surface area contributed by atoms with E-state index in [-0.39, 0.29) is 24.8 Å². The first-order valence-electron chi connectivity index (χ1n) is 11.4. The molecule has 35 heavy (non-hydrogen) atoms. The molecule has 1 N–H and O–H groups in total. The van der Waals surface area contributed by atoms with Crippen molar-refractivity contribution in [2.24, 2.45) is 0 Å². The number of amides is 2. The molecule has 0 radical (unpaired) electrons. The Morgan fingerprint density at radius 2 is 1.89 bits per heavy atom. The van der Waals surface area contributed by atoms with Gasteiger partial charge in [0.2, 0.25) is 11.0 Å². The number of carbonyl (C=O) groups is 2. The minimum absolute atomic E-state index is 0.124. The van der Waals surface area contributed by atoms with Crippen LogP contribution in [-0.2, 0) is 9.53 Å². The average molecular weight is 562 g/mol. The number of benzene rings is 2. The third kappa shape index (κ3) is 8.41. The van der Waals surface area contributed by atoms with Gasteiger partial charge in [0.25, 0.3) is 5.91 Å². The average Bonchev–Trinajstić information content (AvgIpc) is 3.33. The van der Waals surface area contributed by atoms with Gasteiger partial charge in [0.05, 0.1) is 13.2 Å². The molecule has 0 aliphatic carbocycles. The van der Waals surface area contributed by atoms with Crippen LogP contribution in [0.5, 0.6) is 5.75 Å². The van der Waals surface area contributed by atoms with Crippen LogP contribution in [0.15, 0.2) is 53.0 Å². The third-order valence-corrected chi connectivity index (χ3v) is 6.45. The van der Waals surface area contributed by atoms with E-state index in [0.717, 1.165) is 28.6 Å². The zero-order valence-corrected chi connectivity index (χ0v) is 22.2. The topological polar surface area (TPSA) is 93.6 Å². The van der Waals surface area contributed by atoms with Gasteiger partial charge >= 0.3 is 0 Å². The molecule has 0 fully saturated rings. The van der Waals surface area contributed by atoms with Crippen LogP contribution in [0.1, 0.15) is 36.5 Å². The molecule has 3 rings (SSSR count). The van der Waals surface area contributed by atoms with E-state index in [2.05, 4.69) is 38.4 Å². The first-order chi connectivity index (χ1) is 17.0. The second-order valence-corrected chi connectivity index (χ2v) is 9.63. The summed E-state index contributed by atoms with van der Waals surface area (Å²) < 4.78 is 11.8. The van der Waals surface area contributed by atoms with E-state index in [4.69, 9.17) is 9.47 Å². The normalized spacial score (nSPS) is 10.7. The maximum absolute atomic E-state index is 13.1. The Labute approximate surface area is 217 Å². The number of carbonyl (C=O) groups excluding carboxylic acids is 2. The molecule has 0 saturated heterocycles. The van der Waals surface area contributed by atoms with Crippen LogP contribution in [0.25, 0.3) is 10.6 Å². The number of halogens is 1. The van der Waals surface area contributed by atoms with E-state index >= 15 is 0 Å². The number of rotatable bonds is 13. The summed E-state index contributed by atoms with van der Waals surface area (Å²) in [6, 6.07) is 14.8. The van der Waals surface area contributed by atoms with Crippen LogP contribution in [0.3, 0.4) is 0 Å². The molecule has 0 unspecified atom stereocenters. The predicted molar refractivity (Wildman–Crippen MR) is 141 cm³/mol. The lowest BCUT2D eigenvalue weighted by Crippen LogP contribution is -2.36. The third-order valence-electron chi connectivity index (χ3n) is 5.07. The van der Waals surface area contributed by atoms with Crippen LogP contribution >= 0.6 is 27.3 Å². The fourth-order valence-electron chi connectivity index (χ4n) is 3.16. The van der Waals surface area contributed by atoms with E-state index < -0.39 is 0 Å². The highest BCUT2D eigenvalue weighted by Crippen LogP contribution is 2.28. The Hall–Kier alpha value is -2.82. The number of aromatic nitrogens is 2. The Bertz CT molecular complexity index is 1110. The summed E-state index contributed by atoms with van der Waals surface area (Å²) in [6.07, 6.45) is 2.17. The molecule has 186 valence electrons. The summed E-state index contributed by atoms with van der Waals surface area (Å²) in [4.78, 5) is 27.2. The zero-order chi connectivity index (χ0) is 25.0. The zero-order valence-electron chi connectivity index (χ0n) is 19.8. The van der Waals surface area contributed by atoms with Gasteiger partial charge in [-0.1, -0.05) is 52.7 Å². The molecule has 8 nitrogen and oxygen atoms in total. The number of nitrogens with zero attached hydrogens (tertiary/aromatic N) is 3. The standard InChI is InChI=1S/C25H29BrN4O4S/c1-3-4-15-34-21-10-8-18(9-11-21)24(32)30(14-16-33-2)13-12-22(31)27-25-29-28-23(35-25)19-6-5-7-20(26)17-19/h5-11,17H,3-4,12-16H2,1-2H3,(H,27,29,31). The van der Waals surface area contributed by atoms with Gasteiger partial charge in [-0.05, 0) is 42.8 Å². The maximum atomic E-state index is 13.1. The van der Waals surface area contributed by atoms with Gasteiger partial charge in [-0.15, -0.1) is 10.2 Å². The van der Waals surface area contributed by atoms with Gasteiger partial charge < -0.3 is 19.7 Å². The molecule has 1 aromatic heterocycles. The molecule has 0 aliphatic rings. The quantitative estimate of drug-likeness (QED) is 0.286. The van der Waals surface area contributed by atoms with Crippen molar-refractivity contribution in [1.82, 2.24) is 15.1 Å². The van der Waals surface area contributed by atoms with Gasteiger partial charge in [-0.2, -0.15) is 0 Å². The molecule has 3 aromatic rings. The first kappa shape index (κ1) is 26.8. The molecule has 1 heterocycles. The Morgan fingerprint density at radius 3 is 2.60 bits per heavy atom. The second-order valence-electron chi connectivity index (χ2n) is 7.73. The second kappa shape index (κ2) is 13.9. The molecule has 0 atom stereocenters. The number of hydrogen-bond acceptors (Lipinski definition) is 7. The summed E-state index contributed by atoms with van der Waals surface area (Å²) in [5, 5.41) is 12.1. The molecule has 10 heteroatoms. The molecular formula is C25H29BrN4O4S. The number of hydrogen-bond donors (Lipinski definition) is 1. The SMILES string of the molecule is CCCCOc1ccc(C(=O)N(CCOC)CCC(=O)Nc2nnc(-c3cccc(Br)c3)s2)cc1. The van der Waals surface area contributed by atoms with E-state index in [1.54, 1.807) is 36.3 Å². The fraction of sp³-hybridized carbons (Fsp3) is 0.360. The number of nitrogens with one attached hydrogen (secondary N) is 1. The van der Waals surface area contributed by atoms with Crippen molar-refractivity contribution in [2.45, 2.75) is 26.2 Å². The molecule has 0 saturated carbocycles. The van der Waals surface area contributed by atoms with Crippen molar-refractivity contribution in [3.05, 3.63) is 58.6 Å². The van der Waals surface area contributed by atoms with Gasteiger partial charge in [-0.25, -0.2) is 0 Å². The molecule has 0 spiro atoms. The molecule has 0 aliphatic heterocycles. The van der Waals surface area contributed by atoms with Crippen LogP contribution < -0.4 is 10.1 Å². The Balaban J connectivity index is 1.56. The lowest BCUT2D eigenvalue weighted by Gasteiger charge is -2.22. The van der Waals surface area contributed by atoms with Gasteiger partial charge in [0.15, 0.2) is 0 Å².